The second-order valence-corrected chi connectivity index (χ2v) is 5.83. The van der Waals surface area contributed by atoms with Crippen LogP contribution in [0.3, 0.4) is 0 Å². The third-order valence-electron chi connectivity index (χ3n) is 4.48. The second kappa shape index (κ2) is 7.76. The summed E-state index contributed by atoms with van der Waals surface area (Å²) in [5.41, 5.74) is 8.63. The van der Waals surface area contributed by atoms with Gasteiger partial charge in [-0.15, -0.1) is 0 Å². The van der Waals surface area contributed by atoms with E-state index < -0.39 is 5.41 Å². The molecule has 0 N–H and O–H groups in total. The third-order valence-corrected chi connectivity index (χ3v) is 4.48. The maximum absolute atomic E-state index is 12.5. The normalized spacial score (nSPS) is 17.1. The predicted octanol–water partition coefficient (Wildman–Crippen LogP) is 4.02. The zero-order chi connectivity index (χ0) is 15.8. The summed E-state index contributed by atoms with van der Waals surface area (Å²) in [6.45, 7) is 0.337. The van der Waals surface area contributed by atoms with E-state index in [9.17, 15) is 9.59 Å². The maximum Gasteiger partial charge on any atom is 0.146 e. The molecule has 1 aromatic carbocycles. The minimum absolute atomic E-state index is 0.0700. The first-order chi connectivity index (χ1) is 10.7. The van der Waals surface area contributed by atoms with Crippen LogP contribution in [0.4, 0.5) is 0 Å². The third kappa shape index (κ3) is 3.74. The van der Waals surface area contributed by atoms with Crippen molar-refractivity contribution in [2.24, 2.45) is 10.5 Å². The van der Waals surface area contributed by atoms with Gasteiger partial charge in [-0.3, -0.25) is 9.59 Å². The van der Waals surface area contributed by atoms with Gasteiger partial charge in [0.15, 0.2) is 0 Å². The Kier molecular flexibility index (Phi) is 5.73. The van der Waals surface area contributed by atoms with Gasteiger partial charge in [0, 0.05) is 24.3 Å². The van der Waals surface area contributed by atoms with Gasteiger partial charge < -0.3 is 0 Å². The molecule has 1 saturated carbocycles. The second-order valence-electron chi connectivity index (χ2n) is 5.83. The van der Waals surface area contributed by atoms with Crippen molar-refractivity contribution in [1.82, 2.24) is 0 Å². The van der Waals surface area contributed by atoms with Gasteiger partial charge in [0.05, 0.1) is 5.41 Å². The molecule has 1 aromatic rings. The first-order valence-corrected chi connectivity index (χ1v) is 7.80. The Morgan fingerprint density at radius 2 is 1.77 bits per heavy atom. The standard InChI is InChI=1S/C17H21N3O2/c18-20-19-13-5-11-17(15(21)8-4-9-16(17)22)12-10-14-6-2-1-3-7-14/h1-3,6-7H,4-5,8-13H2. The molecule has 0 heterocycles. The fraction of sp³-hybridized carbons (Fsp3) is 0.529. The number of carbonyl (C=O) groups excluding carboxylic acids is 2. The maximum atomic E-state index is 12.5. The van der Waals surface area contributed by atoms with Crippen LogP contribution in [0.2, 0.25) is 0 Å². The summed E-state index contributed by atoms with van der Waals surface area (Å²) in [5.74, 6) is 0.140. The molecular weight excluding hydrogens is 278 g/mol. The van der Waals surface area contributed by atoms with Gasteiger partial charge in [-0.05, 0) is 43.2 Å². The van der Waals surface area contributed by atoms with Crippen molar-refractivity contribution in [3.63, 3.8) is 0 Å². The van der Waals surface area contributed by atoms with E-state index in [0.29, 0.717) is 45.1 Å². The molecule has 5 nitrogen and oxygen atoms in total. The van der Waals surface area contributed by atoms with Gasteiger partial charge in [-0.25, -0.2) is 0 Å². The quantitative estimate of drug-likeness (QED) is 0.250. The highest BCUT2D eigenvalue weighted by atomic mass is 16.2. The number of ketones is 2. The summed E-state index contributed by atoms with van der Waals surface area (Å²) < 4.78 is 0. The summed E-state index contributed by atoms with van der Waals surface area (Å²) in [7, 11) is 0. The fourth-order valence-electron chi connectivity index (χ4n) is 3.22. The lowest BCUT2D eigenvalue weighted by atomic mass is 9.66. The topological polar surface area (TPSA) is 82.9 Å². The van der Waals surface area contributed by atoms with Gasteiger partial charge in [0.2, 0.25) is 0 Å². The van der Waals surface area contributed by atoms with Gasteiger partial charge >= 0.3 is 0 Å². The molecule has 1 aliphatic rings. The predicted molar refractivity (Wildman–Crippen MR) is 84.3 cm³/mol. The Balaban J connectivity index is 2.11. The number of hydrogen-bond acceptors (Lipinski definition) is 3. The molecule has 0 amide bonds. The molecule has 0 spiro atoms. The summed E-state index contributed by atoms with van der Waals surface area (Å²) >= 11 is 0. The van der Waals surface area contributed by atoms with Crippen molar-refractivity contribution in [2.75, 3.05) is 6.54 Å². The largest absolute Gasteiger partial charge is 0.299 e. The lowest BCUT2D eigenvalue weighted by Crippen LogP contribution is -2.43. The van der Waals surface area contributed by atoms with Gasteiger partial charge in [0.1, 0.15) is 11.6 Å². The number of azide groups is 1. The summed E-state index contributed by atoms with van der Waals surface area (Å²) in [4.78, 5) is 27.7. The number of carbonyl (C=O) groups is 2. The molecule has 0 unspecified atom stereocenters. The van der Waals surface area contributed by atoms with E-state index in [0.717, 1.165) is 12.0 Å². The van der Waals surface area contributed by atoms with Crippen LogP contribution in [-0.2, 0) is 16.0 Å². The zero-order valence-corrected chi connectivity index (χ0v) is 12.7. The SMILES string of the molecule is [N-]=[N+]=NCCCC1(CCc2ccccc2)C(=O)CCCC1=O. The monoisotopic (exact) mass is 299 g/mol. The van der Waals surface area contributed by atoms with E-state index in [1.165, 1.54) is 0 Å². The Labute approximate surface area is 130 Å². The van der Waals surface area contributed by atoms with Crippen LogP contribution in [0, 0.1) is 5.41 Å². The molecule has 0 atom stereocenters. The van der Waals surface area contributed by atoms with E-state index >= 15 is 0 Å². The lowest BCUT2D eigenvalue weighted by molar-refractivity contribution is -0.145. The zero-order valence-electron chi connectivity index (χ0n) is 12.7. The minimum Gasteiger partial charge on any atom is -0.299 e. The van der Waals surface area contributed by atoms with Crippen LogP contribution in [0.15, 0.2) is 35.4 Å². The van der Waals surface area contributed by atoms with E-state index in [2.05, 4.69) is 10.0 Å². The number of nitrogens with zero attached hydrogens (tertiary/aromatic N) is 3. The van der Waals surface area contributed by atoms with Crippen molar-refractivity contribution in [3.05, 3.63) is 46.3 Å². The lowest BCUT2D eigenvalue weighted by Gasteiger charge is -2.34. The Bertz CT molecular complexity index is 561. The highest BCUT2D eigenvalue weighted by Gasteiger charge is 2.45. The van der Waals surface area contributed by atoms with Crippen molar-refractivity contribution in [2.45, 2.75) is 44.9 Å². The van der Waals surface area contributed by atoms with Crippen LogP contribution in [0.5, 0.6) is 0 Å². The molecule has 116 valence electrons. The molecule has 5 heteroatoms. The Hall–Kier alpha value is -2.13. The molecule has 1 fully saturated rings. The molecule has 1 aliphatic carbocycles. The van der Waals surface area contributed by atoms with E-state index in [1.807, 2.05) is 30.3 Å². The highest BCUT2D eigenvalue weighted by molar-refractivity contribution is 6.08. The molecular formula is C17H21N3O2. The molecule has 0 radical (unpaired) electrons. The molecule has 22 heavy (non-hydrogen) atoms. The van der Waals surface area contributed by atoms with E-state index in [4.69, 9.17) is 5.53 Å². The van der Waals surface area contributed by atoms with Crippen LogP contribution < -0.4 is 0 Å². The number of benzene rings is 1. The van der Waals surface area contributed by atoms with Crippen LogP contribution in [0.1, 0.15) is 44.1 Å². The van der Waals surface area contributed by atoms with Crippen molar-refractivity contribution in [3.8, 4) is 0 Å². The van der Waals surface area contributed by atoms with Crippen LogP contribution in [0.25, 0.3) is 10.4 Å². The number of aryl methyl sites for hydroxylation is 1. The molecule has 0 aromatic heterocycles. The van der Waals surface area contributed by atoms with Crippen LogP contribution >= 0.6 is 0 Å². The van der Waals surface area contributed by atoms with Crippen LogP contribution in [-0.4, -0.2) is 18.1 Å². The van der Waals surface area contributed by atoms with Crippen molar-refractivity contribution in [1.29, 1.82) is 0 Å². The molecule has 0 bridgehead atoms. The van der Waals surface area contributed by atoms with Gasteiger partial charge in [-0.2, -0.15) is 0 Å². The number of rotatable bonds is 7. The summed E-state index contributed by atoms with van der Waals surface area (Å²) in [6.07, 6.45) is 4.00. The Morgan fingerprint density at radius 3 is 2.41 bits per heavy atom. The van der Waals surface area contributed by atoms with E-state index in [1.54, 1.807) is 0 Å². The summed E-state index contributed by atoms with van der Waals surface area (Å²) in [5, 5.41) is 3.51. The highest BCUT2D eigenvalue weighted by Crippen LogP contribution is 2.39. The van der Waals surface area contributed by atoms with Gasteiger partial charge in [-0.1, -0.05) is 35.4 Å². The average molecular weight is 299 g/mol. The smallest absolute Gasteiger partial charge is 0.146 e. The Morgan fingerprint density at radius 1 is 1.09 bits per heavy atom. The van der Waals surface area contributed by atoms with E-state index in [-0.39, 0.29) is 11.6 Å². The van der Waals surface area contributed by atoms with Crippen molar-refractivity contribution >= 4 is 11.6 Å². The molecule has 0 saturated heterocycles. The first kappa shape index (κ1) is 16.2. The summed E-state index contributed by atoms with van der Waals surface area (Å²) in [6, 6.07) is 9.93. The minimum atomic E-state index is -0.862. The fourth-order valence-corrected chi connectivity index (χ4v) is 3.22. The average Bonchev–Trinajstić information content (AvgIpc) is 2.54. The van der Waals surface area contributed by atoms with Crippen molar-refractivity contribution < 1.29 is 9.59 Å². The molecule has 0 aliphatic heterocycles. The number of hydrogen-bond donors (Lipinski definition) is 0. The number of Topliss-reactive ketones (excluding diaryl/α,β-unsaturated/α-hetero) is 2. The molecule has 2 rings (SSSR count). The van der Waals surface area contributed by atoms with Gasteiger partial charge in [0.25, 0.3) is 0 Å². The first-order valence-electron chi connectivity index (χ1n) is 7.80.